The average molecular weight is 224 g/mol. The molecule has 0 aromatic carbocycles. The predicted octanol–water partition coefficient (Wildman–Crippen LogP) is 3.73. The van der Waals surface area contributed by atoms with Crippen molar-refractivity contribution in [3.63, 3.8) is 0 Å². The number of aliphatic carboxylic acids is 1. The van der Waals surface area contributed by atoms with Crippen LogP contribution >= 0.6 is 0 Å². The zero-order chi connectivity index (χ0) is 12.1. The Hall–Kier alpha value is -0.790. The summed E-state index contributed by atoms with van der Waals surface area (Å²) < 4.78 is 0. The Morgan fingerprint density at radius 3 is 1.94 bits per heavy atom. The van der Waals surface area contributed by atoms with Crippen LogP contribution in [0.3, 0.4) is 0 Å². The highest BCUT2D eigenvalue weighted by Gasteiger charge is 2.33. The van der Waals surface area contributed by atoms with Gasteiger partial charge in [-0.05, 0) is 30.1 Å². The Morgan fingerprint density at radius 1 is 1.00 bits per heavy atom. The molecular weight excluding hydrogens is 200 g/mol. The average Bonchev–Trinajstić information content (AvgIpc) is 2.27. The Morgan fingerprint density at radius 2 is 1.50 bits per heavy atom. The molecule has 4 unspecified atom stereocenters. The lowest BCUT2D eigenvalue weighted by molar-refractivity contribution is -0.138. The molecular formula is C14H24O2. The molecule has 0 saturated heterocycles. The van der Waals surface area contributed by atoms with Crippen molar-refractivity contribution >= 4 is 5.97 Å². The Bertz CT molecular complexity index is 257. The first-order valence-corrected chi connectivity index (χ1v) is 6.54. The molecule has 2 nitrogen and oxygen atoms in total. The molecule has 0 bridgehead atoms. The number of hydrogen-bond acceptors (Lipinski definition) is 1. The summed E-state index contributed by atoms with van der Waals surface area (Å²) in [5.74, 6) is 1.45. The van der Waals surface area contributed by atoms with E-state index in [9.17, 15) is 4.79 Å². The SMILES string of the molecule is CCC1C=CC(CC(=O)O)C(CC)C1CC. The summed E-state index contributed by atoms with van der Waals surface area (Å²) in [7, 11) is 0. The van der Waals surface area contributed by atoms with Crippen LogP contribution in [0.15, 0.2) is 12.2 Å². The Kier molecular flexibility index (Phi) is 5.04. The molecule has 0 aliphatic heterocycles. The molecule has 1 rings (SSSR count). The predicted molar refractivity (Wildman–Crippen MR) is 66.2 cm³/mol. The molecule has 16 heavy (non-hydrogen) atoms. The number of allylic oxidation sites excluding steroid dienone is 2. The number of rotatable bonds is 5. The summed E-state index contributed by atoms with van der Waals surface area (Å²) in [6.07, 6.45) is 8.14. The van der Waals surface area contributed by atoms with Gasteiger partial charge < -0.3 is 5.11 Å². The van der Waals surface area contributed by atoms with Crippen LogP contribution in [-0.4, -0.2) is 11.1 Å². The third kappa shape index (κ3) is 2.87. The van der Waals surface area contributed by atoms with E-state index in [1.807, 2.05) is 0 Å². The largest absolute Gasteiger partial charge is 0.481 e. The van der Waals surface area contributed by atoms with Crippen molar-refractivity contribution in [1.82, 2.24) is 0 Å². The smallest absolute Gasteiger partial charge is 0.303 e. The number of carboxylic acid groups (broad SMARTS) is 1. The Labute approximate surface area is 98.7 Å². The van der Waals surface area contributed by atoms with Crippen molar-refractivity contribution < 1.29 is 9.90 Å². The van der Waals surface area contributed by atoms with Gasteiger partial charge in [-0.2, -0.15) is 0 Å². The first-order valence-electron chi connectivity index (χ1n) is 6.54. The van der Waals surface area contributed by atoms with Crippen molar-refractivity contribution in [2.75, 3.05) is 0 Å². The van der Waals surface area contributed by atoms with Gasteiger partial charge in [0.15, 0.2) is 0 Å². The third-order valence-electron chi connectivity index (χ3n) is 4.08. The van der Waals surface area contributed by atoms with E-state index in [0.717, 1.165) is 12.8 Å². The lowest BCUT2D eigenvalue weighted by Crippen LogP contribution is -2.31. The fourth-order valence-corrected chi connectivity index (χ4v) is 3.28. The zero-order valence-corrected chi connectivity index (χ0v) is 10.6. The summed E-state index contributed by atoms with van der Waals surface area (Å²) in [6, 6.07) is 0. The van der Waals surface area contributed by atoms with Gasteiger partial charge in [0.05, 0.1) is 6.42 Å². The maximum Gasteiger partial charge on any atom is 0.303 e. The van der Waals surface area contributed by atoms with Gasteiger partial charge in [-0.3, -0.25) is 4.79 Å². The quantitative estimate of drug-likeness (QED) is 0.722. The van der Waals surface area contributed by atoms with Crippen molar-refractivity contribution in [3.05, 3.63) is 12.2 Å². The van der Waals surface area contributed by atoms with Gasteiger partial charge in [-0.15, -0.1) is 0 Å². The molecule has 2 heteroatoms. The number of carboxylic acids is 1. The van der Waals surface area contributed by atoms with Crippen LogP contribution in [0, 0.1) is 23.7 Å². The standard InChI is InChI=1S/C14H24O2/c1-4-10-7-8-11(9-14(15)16)13(6-3)12(10)5-2/h7-8,10-13H,4-6,9H2,1-3H3,(H,15,16). The van der Waals surface area contributed by atoms with Gasteiger partial charge in [0.2, 0.25) is 0 Å². The fraction of sp³-hybridized carbons (Fsp3) is 0.786. The molecule has 0 fully saturated rings. The summed E-state index contributed by atoms with van der Waals surface area (Å²) in [5, 5.41) is 8.93. The second kappa shape index (κ2) is 6.07. The highest BCUT2D eigenvalue weighted by Crippen LogP contribution is 2.40. The Balaban J connectivity index is 2.83. The number of carbonyl (C=O) groups is 1. The van der Waals surface area contributed by atoms with E-state index in [1.165, 1.54) is 6.42 Å². The van der Waals surface area contributed by atoms with Crippen LogP contribution in [0.2, 0.25) is 0 Å². The van der Waals surface area contributed by atoms with Crippen molar-refractivity contribution in [1.29, 1.82) is 0 Å². The molecule has 0 heterocycles. The molecule has 4 atom stereocenters. The summed E-state index contributed by atoms with van der Waals surface area (Å²) >= 11 is 0. The molecule has 0 saturated carbocycles. The molecule has 1 aliphatic carbocycles. The van der Waals surface area contributed by atoms with Crippen LogP contribution in [0.25, 0.3) is 0 Å². The van der Waals surface area contributed by atoms with E-state index in [1.54, 1.807) is 0 Å². The van der Waals surface area contributed by atoms with Crippen LogP contribution in [0.1, 0.15) is 46.5 Å². The molecule has 92 valence electrons. The molecule has 1 N–H and O–H groups in total. The summed E-state index contributed by atoms with van der Waals surface area (Å²) in [4.78, 5) is 10.8. The van der Waals surface area contributed by atoms with Crippen molar-refractivity contribution in [3.8, 4) is 0 Å². The van der Waals surface area contributed by atoms with Crippen molar-refractivity contribution in [2.24, 2.45) is 23.7 Å². The molecule has 0 spiro atoms. The first-order chi connectivity index (χ1) is 7.63. The van der Waals surface area contributed by atoms with Gasteiger partial charge in [-0.1, -0.05) is 45.8 Å². The van der Waals surface area contributed by atoms with Crippen LogP contribution in [0.5, 0.6) is 0 Å². The van der Waals surface area contributed by atoms with Crippen LogP contribution in [-0.2, 0) is 4.79 Å². The van der Waals surface area contributed by atoms with E-state index >= 15 is 0 Å². The molecule has 0 amide bonds. The maximum absolute atomic E-state index is 10.8. The lowest BCUT2D eigenvalue weighted by atomic mass is 9.67. The van der Waals surface area contributed by atoms with E-state index in [-0.39, 0.29) is 5.92 Å². The highest BCUT2D eigenvalue weighted by atomic mass is 16.4. The van der Waals surface area contributed by atoms with E-state index in [2.05, 4.69) is 32.9 Å². The summed E-state index contributed by atoms with van der Waals surface area (Å²) in [5.41, 5.74) is 0. The minimum absolute atomic E-state index is 0.246. The second-order valence-corrected chi connectivity index (χ2v) is 4.86. The van der Waals surface area contributed by atoms with E-state index < -0.39 is 5.97 Å². The fourth-order valence-electron chi connectivity index (χ4n) is 3.28. The van der Waals surface area contributed by atoms with E-state index in [0.29, 0.717) is 24.2 Å². The van der Waals surface area contributed by atoms with Gasteiger partial charge in [0, 0.05) is 0 Å². The molecule has 1 aliphatic rings. The lowest BCUT2D eigenvalue weighted by Gasteiger charge is -2.38. The normalized spacial score (nSPS) is 33.9. The van der Waals surface area contributed by atoms with Crippen LogP contribution < -0.4 is 0 Å². The molecule has 0 aromatic rings. The van der Waals surface area contributed by atoms with Crippen LogP contribution in [0.4, 0.5) is 0 Å². The third-order valence-corrected chi connectivity index (χ3v) is 4.08. The minimum atomic E-state index is -0.669. The number of hydrogen-bond donors (Lipinski definition) is 1. The maximum atomic E-state index is 10.8. The topological polar surface area (TPSA) is 37.3 Å². The van der Waals surface area contributed by atoms with Gasteiger partial charge in [-0.25, -0.2) is 0 Å². The van der Waals surface area contributed by atoms with Gasteiger partial charge in [0.25, 0.3) is 0 Å². The molecule has 0 aromatic heterocycles. The van der Waals surface area contributed by atoms with Gasteiger partial charge in [0.1, 0.15) is 0 Å². The monoisotopic (exact) mass is 224 g/mol. The van der Waals surface area contributed by atoms with E-state index in [4.69, 9.17) is 5.11 Å². The molecule has 0 radical (unpaired) electrons. The first kappa shape index (κ1) is 13.3. The minimum Gasteiger partial charge on any atom is -0.481 e. The van der Waals surface area contributed by atoms with Crippen molar-refractivity contribution in [2.45, 2.75) is 46.5 Å². The zero-order valence-electron chi connectivity index (χ0n) is 10.6. The van der Waals surface area contributed by atoms with Gasteiger partial charge >= 0.3 is 5.97 Å². The second-order valence-electron chi connectivity index (χ2n) is 4.86. The summed E-state index contributed by atoms with van der Waals surface area (Å²) in [6.45, 7) is 6.64. The highest BCUT2D eigenvalue weighted by molar-refractivity contribution is 5.67.